The monoisotopic (exact) mass is 425 g/mol. The van der Waals surface area contributed by atoms with Crippen LogP contribution in [0.15, 0.2) is 53.4 Å². The first-order chi connectivity index (χ1) is 14.0. The predicted molar refractivity (Wildman–Crippen MR) is 117 cm³/mol. The molecule has 2 N–H and O–H groups in total. The molecule has 1 aromatic heterocycles. The number of carbonyl (C=O) groups excluding carboxylic acids is 1. The molecule has 0 aliphatic carbocycles. The number of hydrogen-bond acceptors (Lipinski definition) is 5. The van der Waals surface area contributed by atoms with Gasteiger partial charge in [-0.3, -0.25) is 4.79 Å². The fraction of sp³-hybridized carbons (Fsp3) is 0.182. The summed E-state index contributed by atoms with van der Waals surface area (Å²) in [6.07, 6.45) is 2.31. The van der Waals surface area contributed by atoms with E-state index in [0.717, 1.165) is 20.9 Å². The Balaban J connectivity index is 1.87. The number of fused-ring (bicyclic) bond motifs is 1. The Labute approximate surface area is 176 Å². The summed E-state index contributed by atoms with van der Waals surface area (Å²) >= 11 is 2.90. The number of hydrogen-bond donors (Lipinski definition) is 2. The van der Waals surface area contributed by atoms with Gasteiger partial charge in [0.1, 0.15) is 10.6 Å². The summed E-state index contributed by atoms with van der Waals surface area (Å²) < 4.78 is 5.20. The van der Waals surface area contributed by atoms with Gasteiger partial charge >= 0.3 is 5.97 Å². The number of carboxylic acids is 1. The normalized spacial score (nSPS) is 15.5. The minimum atomic E-state index is -0.999. The average molecular weight is 426 g/mol. The van der Waals surface area contributed by atoms with Crippen LogP contribution in [-0.4, -0.2) is 30.3 Å². The largest absolute Gasteiger partial charge is 0.497 e. The minimum absolute atomic E-state index is 0.110. The van der Waals surface area contributed by atoms with Crippen LogP contribution in [0.5, 0.6) is 5.75 Å². The van der Waals surface area contributed by atoms with Crippen LogP contribution in [0.1, 0.15) is 32.5 Å². The van der Waals surface area contributed by atoms with Crippen molar-refractivity contribution in [1.82, 2.24) is 0 Å². The molecule has 2 aromatic carbocycles. The maximum absolute atomic E-state index is 12.5. The van der Waals surface area contributed by atoms with E-state index in [0.29, 0.717) is 23.4 Å². The molecular weight excluding hydrogens is 406 g/mol. The van der Waals surface area contributed by atoms with Gasteiger partial charge in [0.15, 0.2) is 0 Å². The fourth-order valence-electron chi connectivity index (χ4n) is 3.58. The van der Waals surface area contributed by atoms with E-state index in [9.17, 15) is 14.7 Å². The SMILES string of the molecule is COc1ccc(-c2c(C(=O)O)sc3c2NC(=O)C[C@@H]3c2ccc(SC)cc2)cc1. The number of thioether (sulfide) groups is 1. The molecule has 0 bridgehead atoms. The third-order valence-electron chi connectivity index (χ3n) is 5.00. The van der Waals surface area contributed by atoms with Gasteiger partial charge in [-0.1, -0.05) is 24.3 Å². The number of methoxy groups -OCH3 is 1. The fourth-order valence-corrected chi connectivity index (χ4v) is 5.23. The molecule has 5 nitrogen and oxygen atoms in total. The Bertz CT molecular complexity index is 1070. The number of anilines is 1. The van der Waals surface area contributed by atoms with Gasteiger partial charge in [-0.05, 0) is 41.6 Å². The Morgan fingerprint density at radius 1 is 1.17 bits per heavy atom. The van der Waals surface area contributed by atoms with Gasteiger partial charge in [0.05, 0.1) is 12.8 Å². The number of carbonyl (C=O) groups is 2. The van der Waals surface area contributed by atoms with Crippen LogP contribution in [0.25, 0.3) is 11.1 Å². The number of rotatable bonds is 5. The van der Waals surface area contributed by atoms with E-state index in [-0.39, 0.29) is 16.7 Å². The lowest BCUT2D eigenvalue weighted by Crippen LogP contribution is -2.22. The molecule has 1 atom stereocenters. The summed E-state index contributed by atoms with van der Waals surface area (Å²) in [4.78, 5) is 26.8. The molecule has 29 heavy (non-hydrogen) atoms. The standard InChI is InChI=1S/C22H19NO4S2/c1-27-14-7-3-13(4-8-14)18-19-20(29-21(18)22(25)26)16(11-17(24)23-19)12-5-9-15(28-2)10-6-12/h3-10,16H,11H2,1-2H3,(H,23,24)(H,25,26)/t16-/m1/s1. The summed E-state index contributed by atoms with van der Waals surface area (Å²) in [5, 5.41) is 12.8. The van der Waals surface area contributed by atoms with E-state index in [1.165, 1.54) is 11.3 Å². The number of amides is 1. The van der Waals surface area contributed by atoms with E-state index >= 15 is 0 Å². The van der Waals surface area contributed by atoms with Crippen LogP contribution in [0.3, 0.4) is 0 Å². The Kier molecular flexibility index (Phi) is 5.34. The Hall–Kier alpha value is -2.77. The van der Waals surface area contributed by atoms with Crippen LogP contribution in [0.2, 0.25) is 0 Å². The van der Waals surface area contributed by atoms with Crippen molar-refractivity contribution in [3.05, 3.63) is 63.8 Å². The molecule has 1 aliphatic rings. The van der Waals surface area contributed by atoms with Crippen molar-refractivity contribution in [3.8, 4) is 16.9 Å². The van der Waals surface area contributed by atoms with E-state index < -0.39 is 5.97 Å². The van der Waals surface area contributed by atoms with Gasteiger partial charge in [-0.2, -0.15) is 0 Å². The zero-order valence-corrected chi connectivity index (χ0v) is 17.5. The van der Waals surface area contributed by atoms with Crippen molar-refractivity contribution in [2.45, 2.75) is 17.2 Å². The molecule has 0 saturated heterocycles. The molecule has 0 fully saturated rings. The second-order valence-corrected chi connectivity index (χ2v) is 8.59. The molecule has 1 aliphatic heterocycles. The minimum Gasteiger partial charge on any atom is -0.497 e. The van der Waals surface area contributed by atoms with Gasteiger partial charge in [-0.15, -0.1) is 23.1 Å². The lowest BCUT2D eigenvalue weighted by molar-refractivity contribution is -0.116. The first-order valence-corrected chi connectivity index (χ1v) is 11.0. The smallest absolute Gasteiger partial charge is 0.346 e. The van der Waals surface area contributed by atoms with Gasteiger partial charge in [0.2, 0.25) is 5.91 Å². The number of nitrogens with one attached hydrogen (secondary N) is 1. The van der Waals surface area contributed by atoms with Gasteiger partial charge in [0.25, 0.3) is 0 Å². The summed E-state index contributed by atoms with van der Waals surface area (Å²) in [5.74, 6) is -0.586. The van der Waals surface area contributed by atoms with Gasteiger partial charge < -0.3 is 15.2 Å². The van der Waals surface area contributed by atoms with Crippen molar-refractivity contribution in [3.63, 3.8) is 0 Å². The highest BCUT2D eigenvalue weighted by Crippen LogP contribution is 2.49. The third-order valence-corrected chi connectivity index (χ3v) is 7.03. The first-order valence-electron chi connectivity index (χ1n) is 9.00. The summed E-state index contributed by atoms with van der Waals surface area (Å²) in [6, 6.07) is 15.3. The van der Waals surface area contributed by atoms with E-state index in [2.05, 4.69) is 5.32 Å². The van der Waals surface area contributed by atoms with Crippen LogP contribution in [0, 0.1) is 0 Å². The Morgan fingerprint density at radius 2 is 1.86 bits per heavy atom. The van der Waals surface area contributed by atoms with Gasteiger partial charge in [-0.25, -0.2) is 4.79 Å². The highest BCUT2D eigenvalue weighted by atomic mass is 32.2. The topological polar surface area (TPSA) is 75.6 Å². The molecule has 2 heterocycles. The van der Waals surface area contributed by atoms with Crippen molar-refractivity contribution in [2.75, 3.05) is 18.7 Å². The number of thiophene rings is 1. The number of aromatic carboxylic acids is 1. The Morgan fingerprint density at radius 3 is 2.45 bits per heavy atom. The van der Waals surface area contributed by atoms with Crippen molar-refractivity contribution < 1.29 is 19.4 Å². The molecular formula is C22H19NO4S2. The van der Waals surface area contributed by atoms with Crippen molar-refractivity contribution in [2.24, 2.45) is 0 Å². The molecule has 0 radical (unpaired) electrons. The molecule has 0 saturated carbocycles. The predicted octanol–water partition coefficient (Wildman–Crippen LogP) is 5.32. The average Bonchev–Trinajstić information content (AvgIpc) is 3.13. The van der Waals surface area contributed by atoms with E-state index in [1.807, 2.05) is 42.7 Å². The number of benzene rings is 2. The highest BCUT2D eigenvalue weighted by molar-refractivity contribution is 7.98. The molecule has 1 amide bonds. The van der Waals surface area contributed by atoms with Crippen LogP contribution >= 0.6 is 23.1 Å². The maximum atomic E-state index is 12.5. The molecule has 4 rings (SSSR count). The number of ether oxygens (including phenoxy) is 1. The quantitative estimate of drug-likeness (QED) is 0.541. The van der Waals surface area contributed by atoms with E-state index in [1.54, 1.807) is 31.0 Å². The molecule has 0 spiro atoms. The second kappa shape index (κ2) is 7.93. The van der Waals surface area contributed by atoms with Crippen LogP contribution < -0.4 is 10.1 Å². The van der Waals surface area contributed by atoms with Crippen LogP contribution in [-0.2, 0) is 4.79 Å². The zero-order chi connectivity index (χ0) is 20.5. The molecule has 3 aromatic rings. The van der Waals surface area contributed by atoms with Crippen molar-refractivity contribution >= 4 is 40.7 Å². The second-order valence-electron chi connectivity index (χ2n) is 6.66. The summed E-state index contributed by atoms with van der Waals surface area (Å²) in [5.41, 5.74) is 2.91. The molecule has 7 heteroatoms. The van der Waals surface area contributed by atoms with E-state index in [4.69, 9.17) is 4.74 Å². The maximum Gasteiger partial charge on any atom is 0.346 e. The lowest BCUT2D eigenvalue weighted by atomic mass is 9.88. The van der Waals surface area contributed by atoms with Crippen molar-refractivity contribution in [1.29, 1.82) is 0 Å². The van der Waals surface area contributed by atoms with Gasteiger partial charge in [0, 0.05) is 27.7 Å². The summed E-state index contributed by atoms with van der Waals surface area (Å²) in [6.45, 7) is 0. The highest BCUT2D eigenvalue weighted by Gasteiger charge is 2.34. The first kappa shape index (κ1) is 19.5. The summed E-state index contributed by atoms with van der Waals surface area (Å²) in [7, 11) is 1.58. The molecule has 148 valence electrons. The zero-order valence-electron chi connectivity index (χ0n) is 15.9. The van der Waals surface area contributed by atoms with Crippen LogP contribution in [0.4, 0.5) is 5.69 Å². The lowest BCUT2D eigenvalue weighted by Gasteiger charge is -2.24. The molecule has 0 unspecified atom stereocenters. The third kappa shape index (κ3) is 3.63. The number of carboxylic acid groups (broad SMARTS) is 1.